The zero-order chi connectivity index (χ0) is 12.2. The first-order valence-electron chi connectivity index (χ1n) is 3.35. The predicted octanol–water partition coefficient (Wildman–Crippen LogP) is 5.55. The molecule has 0 bridgehead atoms. The van der Waals surface area contributed by atoms with Crippen LogP contribution in [0.25, 0.3) is 4.98 Å². The van der Waals surface area contributed by atoms with Crippen LogP contribution in [0.5, 0.6) is 0 Å². The second-order valence-electron chi connectivity index (χ2n) is 2.39. The molecule has 9 heteroatoms. The van der Waals surface area contributed by atoms with Gasteiger partial charge in [0.2, 0.25) is 5.39 Å². The van der Waals surface area contributed by atoms with Crippen molar-refractivity contribution in [1.29, 1.82) is 5.39 Å². The molecule has 0 aromatic heterocycles. The molecule has 0 saturated heterocycles. The van der Waals surface area contributed by atoms with Crippen molar-refractivity contribution in [3.05, 3.63) is 35.3 Å². The molecule has 0 fully saturated rings. The van der Waals surface area contributed by atoms with E-state index in [1.54, 1.807) is 12.1 Å². The summed E-state index contributed by atoms with van der Waals surface area (Å²) in [7, 11) is -10.7. The number of benzene rings is 1. The first-order valence-corrected chi connectivity index (χ1v) is 5.38. The van der Waals surface area contributed by atoms with Crippen LogP contribution in [0.1, 0.15) is 0 Å². The fourth-order valence-electron chi connectivity index (χ4n) is 0.495. The van der Waals surface area contributed by atoms with Crippen LogP contribution >= 0.6 is 7.81 Å². The summed E-state index contributed by atoms with van der Waals surface area (Å²) in [5, 5.41) is 8.16. The molecule has 0 saturated carbocycles. The van der Waals surface area contributed by atoms with Gasteiger partial charge in [-0.1, -0.05) is 18.2 Å². The van der Waals surface area contributed by atoms with Crippen LogP contribution in [-0.4, -0.2) is 0 Å². The smallest absolute Gasteiger partial charge is 0.0617 e. The summed E-state index contributed by atoms with van der Waals surface area (Å²) in [5.41, 5.74) is 0.590. The second-order valence-corrected chi connectivity index (χ2v) is 4.31. The van der Waals surface area contributed by atoms with Gasteiger partial charge in [-0.15, -0.1) is 0 Å². The number of nitrogens with zero attached hydrogens (tertiary/aromatic N) is 2. The van der Waals surface area contributed by atoms with E-state index in [1.807, 2.05) is 18.2 Å². The van der Waals surface area contributed by atoms with Crippen LogP contribution < -0.4 is 0 Å². The van der Waals surface area contributed by atoms with Gasteiger partial charge < -0.3 is 0 Å². The summed E-state index contributed by atoms with van der Waals surface area (Å²) in [5.74, 6) is 0. The van der Waals surface area contributed by atoms with E-state index in [1.165, 1.54) is 0 Å². The Kier molecular flexibility index (Phi) is 3.05. The summed E-state index contributed by atoms with van der Waals surface area (Å²) in [6.07, 6.45) is 0. The van der Waals surface area contributed by atoms with Crippen LogP contribution in [0.4, 0.5) is 30.9 Å². The van der Waals surface area contributed by atoms with Crippen molar-refractivity contribution in [3.63, 3.8) is 0 Å². The van der Waals surface area contributed by atoms with Crippen molar-refractivity contribution in [1.82, 2.24) is 0 Å². The third-order valence-electron chi connectivity index (χ3n) is 0.872. The second kappa shape index (κ2) is 3.35. The number of hydrogen-bond donors (Lipinski definition) is 0. The van der Waals surface area contributed by atoms with Gasteiger partial charge in [0, 0.05) is 12.1 Å². The van der Waals surface area contributed by atoms with E-state index in [-0.39, 0.29) is 0 Å². The molecule has 0 aliphatic heterocycles. The van der Waals surface area contributed by atoms with E-state index in [2.05, 4.69) is 4.98 Å². The van der Waals surface area contributed by atoms with Crippen molar-refractivity contribution >= 4 is 13.5 Å². The fourth-order valence-corrected chi connectivity index (χ4v) is 0.495. The Hall–Kier alpha value is -1.35. The Labute approximate surface area is 80.4 Å². The summed E-state index contributed by atoms with van der Waals surface area (Å²) in [4.78, 5) is 2.97. The molecule has 1 aromatic carbocycles. The molecular formula is C6H5F6N2P. The van der Waals surface area contributed by atoms with Gasteiger partial charge in [0.15, 0.2) is 4.98 Å². The molecule has 0 aliphatic carbocycles. The third-order valence-corrected chi connectivity index (χ3v) is 0.872. The quantitative estimate of drug-likeness (QED) is 0.337. The van der Waals surface area contributed by atoms with Crippen molar-refractivity contribution in [3.8, 4) is 0 Å². The van der Waals surface area contributed by atoms with Crippen LogP contribution in [0.15, 0.2) is 30.3 Å². The third kappa shape index (κ3) is 19.2. The molecule has 0 spiro atoms. The predicted molar refractivity (Wildman–Crippen MR) is 44.8 cm³/mol. The number of rotatable bonds is 0. The van der Waals surface area contributed by atoms with Gasteiger partial charge in [0.05, 0.1) is 0 Å². The molecule has 1 aromatic rings. The summed E-state index contributed by atoms with van der Waals surface area (Å²) >= 11 is 0. The normalized spacial score (nSPS) is 15.0. The minimum Gasteiger partial charge on any atom is -0.0617 e. The van der Waals surface area contributed by atoms with E-state index >= 15 is 0 Å². The van der Waals surface area contributed by atoms with Gasteiger partial charge in [-0.05, 0) is 0 Å². The monoisotopic (exact) mass is 250 g/mol. The van der Waals surface area contributed by atoms with Crippen LogP contribution in [0, 0.1) is 5.39 Å². The minimum absolute atomic E-state index is 0.590. The Morgan fingerprint density at radius 1 is 0.867 bits per heavy atom. The van der Waals surface area contributed by atoms with Crippen molar-refractivity contribution in [2.45, 2.75) is 0 Å². The van der Waals surface area contributed by atoms with Gasteiger partial charge in [-0.25, -0.2) is 0 Å². The SMILES string of the molecule is F[P-](F)(F)(F)(F)F.N#[N+]c1ccccc1. The largest absolute Gasteiger partial charge is 0.385 e. The average Bonchev–Trinajstić information content (AvgIpc) is 2.00. The van der Waals surface area contributed by atoms with Gasteiger partial charge >= 0.3 is 38.7 Å². The van der Waals surface area contributed by atoms with Gasteiger partial charge in [0.1, 0.15) is 0 Å². The molecular weight excluding hydrogens is 245 g/mol. The Morgan fingerprint density at radius 3 is 1.40 bits per heavy atom. The summed E-state index contributed by atoms with van der Waals surface area (Å²) < 4.78 is 59.2. The van der Waals surface area contributed by atoms with Crippen molar-refractivity contribution < 1.29 is 25.2 Å². The van der Waals surface area contributed by atoms with Crippen LogP contribution in [-0.2, 0) is 0 Å². The molecule has 0 unspecified atom stereocenters. The average molecular weight is 250 g/mol. The molecule has 86 valence electrons. The topological polar surface area (TPSA) is 28.1 Å². The molecule has 0 radical (unpaired) electrons. The number of diazo groups is 1. The first-order chi connectivity index (χ1) is 6.38. The molecule has 0 N–H and O–H groups in total. The standard InChI is InChI=1S/C6H5N2.F6P/c7-8-6-4-2-1-3-5-6;1-7(2,3,4,5)6/h1-5H;/q+1;-1. The van der Waals surface area contributed by atoms with E-state index in [0.29, 0.717) is 5.69 Å². The molecule has 0 amide bonds. The molecule has 15 heavy (non-hydrogen) atoms. The van der Waals surface area contributed by atoms with Crippen molar-refractivity contribution in [2.24, 2.45) is 0 Å². The van der Waals surface area contributed by atoms with Gasteiger partial charge in [-0.3, -0.25) is 0 Å². The Morgan fingerprint density at radius 2 is 1.20 bits per heavy atom. The van der Waals surface area contributed by atoms with E-state index in [9.17, 15) is 25.2 Å². The summed E-state index contributed by atoms with van der Waals surface area (Å²) in [6, 6.07) is 8.94. The molecule has 2 nitrogen and oxygen atoms in total. The maximum Gasteiger partial charge on any atom is 0.385 e. The fraction of sp³-hybridized carbons (Fsp3) is 0. The Balaban J connectivity index is 0.000000265. The van der Waals surface area contributed by atoms with Gasteiger partial charge in [0.25, 0.3) is 0 Å². The van der Waals surface area contributed by atoms with E-state index in [0.717, 1.165) is 0 Å². The van der Waals surface area contributed by atoms with Crippen molar-refractivity contribution in [2.75, 3.05) is 0 Å². The van der Waals surface area contributed by atoms with E-state index < -0.39 is 7.81 Å². The Bertz CT molecular complexity index is 351. The minimum atomic E-state index is -10.7. The number of hydrogen-bond acceptors (Lipinski definition) is 1. The maximum absolute atomic E-state index is 10.7. The summed E-state index contributed by atoms with van der Waals surface area (Å²) in [6.45, 7) is 0. The molecule has 0 heterocycles. The molecule has 0 aliphatic rings. The van der Waals surface area contributed by atoms with Gasteiger partial charge in [-0.2, -0.15) is 0 Å². The zero-order valence-electron chi connectivity index (χ0n) is 7.00. The van der Waals surface area contributed by atoms with E-state index in [4.69, 9.17) is 5.39 Å². The molecule has 0 atom stereocenters. The zero-order valence-corrected chi connectivity index (χ0v) is 7.89. The van der Waals surface area contributed by atoms with Crippen LogP contribution in [0.2, 0.25) is 0 Å². The first kappa shape index (κ1) is 13.7. The van der Waals surface area contributed by atoms with Crippen LogP contribution in [0.3, 0.4) is 0 Å². The molecule has 1 rings (SSSR count). The maximum atomic E-state index is 9.87. The number of halogens is 6.